The van der Waals surface area contributed by atoms with Crippen molar-refractivity contribution in [1.82, 2.24) is 15.6 Å². The summed E-state index contributed by atoms with van der Waals surface area (Å²) in [5, 5.41) is 7.27. The monoisotopic (exact) mass is 275 g/mol. The number of carbonyl (C=O) groups excluding carboxylic acids is 1. The molecule has 96 valence electrons. The number of piperidine rings is 1. The van der Waals surface area contributed by atoms with Crippen molar-refractivity contribution in [2.24, 2.45) is 5.92 Å². The van der Waals surface area contributed by atoms with Crippen molar-refractivity contribution in [1.29, 1.82) is 0 Å². The number of hydrogen-bond donors (Lipinski definition) is 2. The van der Waals surface area contributed by atoms with E-state index in [1.807, 2.05) is 13.1 Å². The average molecular weight is 276 g/mol. The molecule has 0 unspecified atom stereocenters. The molecule has 6 heteroatoms. The first-order valence-corrected chi connectivity index (χ1v) is 6.47. The van der Waals surface area contributed by atoms with E-state index >= 15 is 0 Å². The summed E-state index contributed by atoms with van der Waals surface area (Å²) in [6.45, 7) is 4.44. The first kappa shape index (κ1) is 14.4. The molecule has 0 radical (unpaired) electrons. The molecule has 2 rings (SSSR count). The van der Waals surface area contributed by atoms with Crippen LogP contribution in [-0.4, -0.2) is 24.0 Å². The van der Waals surface area contributed by atoms with Gasteiger partial charge in [0.15, 0.2) is 0 Å². The highest BCUT2D eigenvalue weighted by Crippen LogP contribution is 2.13. The number of carbonyl (C=O) groups is 1. The predicted molar refractivity (Wildman–Crippen MR) is 71.5 cm³/mol. The maximum absolute atomic E-state index is 11.8. The Bertz CT molecular complexity index is 363. The minimum absolute atomic E-state index is 0. The van der Waals surface area contributed by atoms with E-state index in [2.05, 4.69) is 15.6 Å². The van der Waals surface area contributed by atoms with Gasteiger partial charge in [-0.3, -0.25) is 4.79 Å². The zero-order valence-electron chi connectivity index (χ0n) is 9.86. The number of nitrogens with zero attached hydrogens (tertiary/aromatic N) is 1. The fourth-order valence-electron chi connectivity index (χ4n) is 1.88. The van der Waals surface area contributed by atoms with Gasteiger partial charge in [0.1, 0.15) is 0 Å². The molecule has 0 saturated carbocycles. The number of nitrogens with one attached hydrogen (secondary N) is 2. The van der Waals surface area contributed by atoms with Crippen LogP contribution in [0.1, 0.15) is 22.7 Å². The van der Waals surface area contributed by atoms with E-state index < -0.39 is 0 Å². The maximum atomic E-state index is 11.8. The van der Waals surface area contributed by atoms with E-state index in [0.29, 0.717) is 6.54 Å². The number of rotatable bonds is 3. The summed E-state index contributed by atoms with van der Waals surface area (Å²) < 4.78 is 0. The molecule has 1 amide bonds. The smallest absolute Gasteiger partial charge is 0.224 e. The standard InChI is InChI=1S/C11H17N3OS.ClH/c1-8-13-6-10(16-8)7-14-11(15)9-3-2-4-12-5-9;/h6,9,12H,2-5,7H2,1H3,(H,14,15);1H/t9-;/m1./s1. The predicted octanol–water partition coefficient (Wildman–Crippen LogP) is 1.49. The Balaban J connectivity index is 0.00000144. The lowest BCUT2D eigenvalue weighted by molar-refractivity contribution is -0.125. The maximum Gasteiger partial charge on any atom is 0.224 e. The lowest BCUT2D eigenvalue weighted by Crippen LogP contribution is -2.40. The molecule has 0 spiro atoms. The second-order valence-electron chi connectivity index (χ2n) is 4.11. The number of halogens is 1. The zero-order valence-corrected chi connectivity index (χ0v) is 11.5. The minimum Gasteiger partial charge on any atom is -0.351 e. The molecule has 2 heterocycles. The van der Waals surface area contributed by atoms with Crippen LogP contribution in [0.3, 0.4) is 0 Å². The summed E-state index contributed by atoms with van der Waals surface area (Å²) in [5.41, 5.74) is 0. The highest BCUT2D eigenvalue weighted by Gasteiger charge is 2.20. The van der Waals surface area contributed by atoms with Gasteiger partial charge in [0, 0.05) is 17.6 Å². The molecule has 0 bridgehead atoms. The number of aryl methyl sites for hydroxylation is 1. The van der Waals surface area contributed by atoms with Gasteiger partial charge < -0.3 is 10.6 Å². The summed E-state index contributed by atoms with van der Waals surface area (Å²) in [6, 6.07) is 0. The Morgan fingerprint density at radius 1 is 1.71 bits per heavy atom. The lowest BCUT2D eigenvalue weighted by Gasteiger charge is -2.21. The average Bonchev–Trinajstić information content (AvgIpc) is 2.73. The van der Waals surface area contributed by atoms with Gasteiger partial charge in [0.05, 0.1) is 17.5 Å². The van der Waals surface area contributed by atoms with Crippen LogP contribution in [0.25, 0.3) is 0 Å². The molecule has 4 nitrogen and oxygen atoms in total. The third-order valence-corrected chi connectivity index (χ3v) is 3.69. The Kier molecular flexibility index (Phi) is 5.88. The number of amides is 1. The molecule has 1 aliphatic rings. The van der Waals surface area contributed by atoms with E-state index in [1.54, 1.807) is 11.3 Å². The highest BCUT2D eigenvalue weighted by molar-refractivity contribution is 7.11. The SMILES string of the molecule is Cc1ncc(CNC(=O)[C@@H]2CCCNC2)s1.Cl. The Labute approximate surface area is 112 Å². The molecule has 1 atom stereocenters. The van der Waals surface area contributed by atoms with E-state index in [0.717, 1.165) is 35.8 Å². The number of hydrogen-bond acceptors (Lipinski definition) is 4. The van der Waals surface area contributed by atoms with Gasteiger partial charge >= 0.3 is 0 Å². The largest absolute Gasteiger partial charge is 0.351 e. The van der Waals surface area contributed by atoms with Crippen LogP contribution in [-0.2, 0) is 11.3 Å². The zero-order chi connectivity index (χ0) is 11.4. The number of thiazole rings is 1. The van der Waals surface area contributed by atoms with Crippen molar-refractivity contribution in [3.8, 4) is 0 Å². The molecule has 1 fully saturated rings. The molecule has 0 aliphatic carbocycles. The van der Waals surface area contributed by atoms with Crippen LogP contribution in [0.15, 0.2) is 6.20 Å². The third-order valence-electron chi connectivity index (χ3n) is 2.77. The van der Waals surface area contributed by atoms with Crippen molar-refractivity contribution < 1.29 is 4.79 Å². The van der Waals surface area contributed by atoms with Gasteiger partial charge in [-0.1, -0.05) is 0 Å². The highest BCUT2D eigenvalue weighted by atomic mass is 35.5. The van der Waals surface area contributed by atoms with E-state index in [-0.39, 0.29) is 24.2 Å². The van der Waals surface area contributed by atoms with Gasteiger partial charge in [-0.15, -0.1) is 23.7 Å². The van der Waals surface area contributed by atoms with Crippen molar-refractivity contribution >= 4 is 29.7 Å². The summed E-state index contributed by atoms with van der Waals surface area (Å²) >= 11 is 1.63. The Morgan fingerprint density at radius 2 is 2.53 bits per heavy atom. The van der Waals surface area contributed by atoms with Crippen LogP contribution >= 0.6 is 23.7 Å². The second-order valence-corrected chi connectivity index (χ2v) is 5.43. The molecule has 17 heavy (non-hydrogen) atoms. The molecule has 1 aromatic heterocycles. The third kappa shape index (κ3) is 4.26. The minimum atomic E-state index is 0. The fraction of sp³-hybridized carbons (Fsp3) is 0.636. The van der Waals surface area contributed by atoms with Crippen molar-refractivity contribution in [3.63, 3.8) is 0 Å². The number of aromatic nitrogens is 1. The van der Waals surface area contributed by atoms with Crippen molar-refractivity contribution in [2.75, 3.05) is 13.1 Å². The van der Waals surface area contributed by atoms with Crippen LogP contribution < -0.4 is 10.6 Å². The van der Waals surface area contributed by atoms with Crippen molar-refractivity contribution in [3.05, 3.63) is 16.1 Å². The topological polar surface area (TPSA) is 54.0 Å². The summed E-state index contributed by atoms with van der Waals surface area (Å²) in [5.74, 6) is 0.307. The molecular weight excluding hydrogens is 258 g/mol. The normalized spacial score (nSPS) is 19.5. The van der Waals surface area contributed by atoms with Crippen molar-refractivity contribution in [2.45, 2.75) is 26.3 Å². The lowest BCUT2D eigenvalue weighted by atomic mass is 9.99. The summed E-state index contributed by atoms with van der Waals surface area (Å²) in [6.07, 6.45) is 3.93. The summed E-state index contributed by atoms with van der Waals surface area (Å²) in [4.78, 5) is 17.1. The first-order chi connectivity index (χ1) is 7.75. The fourth-order valence-corrected chi connectivity index (χ4v) is 2.62. The molecule has 1 aliphatic heterocycles. The second kappa shape index (κ2) is 6.93. The van der Waals surface area contributed by atoms with Gasteiger partial charge in [-0.05, 0) is 26.3 Å². The Morgan fingerprint density at radius 3 is 3.12 bits per heavy atom. The van der Waals surface area contributed by atoms with Crippen LogP contribution in [0, 0.1) is 12.8 Å². The quantitative estimate of drug-likeness (QED) is 0.879. The van der Waals surface area contributed by atoms with Gasteiger partial charge in [-0.25, -0.2) is 4.98 Å². The first-order valence-electron chi connectivity index (χ1n) is 5.65. The molecule has 2 N–H and O–H groups in total. The molecule has 1 saturated heterocycles. The van der Waals surface area contributed by atoms with E-state index in [1.165, 1.54) is 0 Å². The van der Waals surface area contributed by atoms with Gasteiger partial charge in [-0.2, -0.15) is 0 Å². The molecule has 1 aromatic rings. The van der Waals surface area contributed by atoms with E-state index in [9.17, 15) is 4.79 Å². The molecular formula is C11H18ClN3OS. The van der Waals surface area contributed by atoms with Gasteiger partial charge in [0.25, 0.3) is 0 Å². The van der Waals surface area contributed by atoms with Crippen LogP contribution in [0.4, 0.5) is 0 Å². The molecule has 0 aromatic carbocycles. The van der Waals surface area contributed by atoms with Crippen LogP contribution in [0.5, 0.6) is 0 Å². The van der Waals surface area contributed by atoms with Crippen LogP contribution in [0.2, 0.25) is 0 Å². The summed E-state index contributed by atoms with van der Waals surface area (Å²) in [7, 11) is 0. The van der Waals surface area contributed by atoms with Gasteiger partial charge in [0.2, 0.25) is 5.91 Å². The van der Waals surface area contributed by atoms with E-state index in [4.69, 9.17) is 0 Å². The Hall–Kier alpha value is -0.650.